The molecule has 0 saturated heterocycles. The van der Waals surface area contributed by atoms with Gasteiger partial charge >= 0.3 is 0 Å². The van der Waals surface area contributed by atoms with E-state index >= 15 is 0 Å². The first-order valence-electron chi connectivity index (χ1n) is 5.40. The molecule has 0 aliphatic rings. The number of likely N-dealkylation sites (N-methyl/N-ethyl adjacent to an activating group) is 1. The predicted molar refractivity (Wildman–Crippen MR) is 74.0 cm³/mol. The van der Waals surface area contributed by atoms with Crippen molar-refractivity contribution in [2.24, 2.45) is 0 Å². The molecule has 0 saturated carbocycles. The van der Waals surface area contributed by atoms with Crippen molar-refractivity contribution in [1.82, 2.24) is 4.90 Å². The second-order valence-corrected chi connectivity index (χ2v) is 5.31. The van der Waals surface area contributed by atoms with E-state index in [9.17, 15) is 9.90 Å². The largest absolute Gasteiger partial charge is 0.482 e. The molecule has 1 unspecified atom stereocenters. The minimum absolute atomic E-state index is 0.107. The molecule has 1 N–H and O–H groups in total. The molecule has 0 radical (unpaired) electrons. The van der Waals surface area contributed by atoms with E-state index in [1.165, 1.54) is 4.90 Å². The Hall–Kier alpha value is -0.780. The molecule has 1 amide bonds. The van der Waals surface area contributed by atoms with Gasteiger partial charge in [-0.2, -0.15) is 0 Å². The summed E-state index contributed by atoms with van der Waals surface area (Å²) in [5.41, 5.74) is 0. The van der Waals surface area contributed by atoms with E-state index in [-0.39, 0.29) is 19.1 Å². The maximum absolute atomic E-state index is 11.7. The van der Waals surface area contributed by atoms with Crippen LogP contribution in [-0.4, -0.2) is 42.2 Å². The van der Waals surface area contributed by atoms with Gasteiger partial charge in [0.05, 0.1) is 11.1 Å². The summed E-state index contributed by atoms with van der Waals surface area (Å²) in [5, 5.41) is 9.61. The number of rotatable bonds is 5. The average Bonchev–Trinajstić information content (AvgIpc) is 2.26. The molecule has 1 atom stereocenters. The number of hydrogen-bond acceptors (Lipinski definition) is 3. The summed E-state index contributed by atoms with van der Waals surface area (Å²) >= 11 is 9.24. The second kappa shape index (κ2) is 6.97. The van der Waals surface area contributed by atoms with Crippen LogP contribution >= 0.6 is 27.5 Å². The van der Waals surface area contributed by atoms with E-state index in [1.807, 2.05) is 0 Å². The van der Waals surface area contributed by atoms with Crippen molar-refractivity contribution in [2.45, 2.75) is 13.0 Å². The third-order valence-corrected chi connectivity index (χ3v) is 3.00. The smallest absolute Gasteiger partial charge is 0.260 e. The summed E-state index contributed by atoms with van der Waals surface area (Å²) in [6.45, 7) is 1.79. The summed E-state index contributed by atoms with van der Waals surface area (Å²) in [5.74, 6) is 0.244. The summed E-state index contributed by atoms with van der Waals surface area (Å²) in [7, 11) is 1.61. The first-order chi connectivity index (χ1) is 8.40. The predicted octanol–water partition coefficient (Wildman–Crippen LogP) is 2.32. The first kappa shape index (κ1) is 15.3. The average molecular weight is 337 g/mol. The Labute approximate surface area is 120 Å². The zero-order valence-corrected chi connectivity index (χ0v) is 12.5. The third kappa shape index (κ3) is 4.84. The topological polar surface area (TPSA) is 49.8 Å². The number of carbonyl (C=O) groups is 1. The summed E-state index contributed by atoms with van der Waals surface area (Å²) in [6, 6.07) is 5.17. The Balaban J connectivity index is 2.52. The molecule has 100 valence electrons. The quantitative estimate of drug-likeness (QED) is 0.898. The monoisotopic (exact) mass is 335 g/mol. The maximum Gasteiger partial charge on any atom is 0.260 e. The van der Waals surface area contributed by atoms with E-state index in [2.05, 4.69) is 15.9 Å². The number of amides is 1. The highest BCUT2D eigenvalue weighted by Crippen LogP contribution is 2.27. The van der Waals surface area contributed by atoms with Gasteiger partial charge in [0.15, 0.2) is 6.61 Å². The number of aliphatic hydroxyl groups excluding tert-OH is 1. The zero-order valence-electron chi connectivity index (χ0n) is 10.2. The molecular weight excluding hydrogens is 321 g/mol. The van der Waals surface area contributed by atoms with Crippen molar-refractivity contribution in [3.05, 3.63) is 27.7 Å². The number of aliphatic hydroxyl groups is 1. The van der Waals surface area contributed by atoms with Crippen molar-refractivity contribution >= 4 is 33.4 Å². The molecule has 4 nitrogen and oxygen atoms in total. The summed E-state index contributed by atoms with van der Waals surface area (Å²) in [6.07, 6.45) is -0.560. The Kier molecular flexibility index (Phi) is 5.91. The van der Waals surface area contributed by atoms with Gasteiger partial charge in [0.25, 0.3) is 5.91 Å². The van der Waals surface area contributed by atoms with Gasteiger partial charge < -0.3 is 14.7 Å². The highest BCUT2D eigenvalue weighted by Gasteiger charge is 2.12. The van der Waals surface area contributed by atoms with Gasteiger partial charge in [-0.05, 0) is 25.1 Å². The molecule has 0 bridgehead atoms. The zero-order chi connectivity index (χ0) is 13.7. The molecule has 18 heavy (non-hydrogen) atoms. The SMILES string of the molecule is CC(O)CN(C)C(=O)COc1ccc(Br)cc1Cl. The number of nitrogens with zero attached hydrogens (tertiary/aromatic N) is 1. The standard InChI is InChI=1S/C12H15BrClNO3/c1-8(16)6-15(2)12(17)7-18-11-4-3-9(13)5-10(11)14/h3-5,8,16H,6-7H2,1-2H3. The molecule has 0 spiro atoms. The van der Waals surface area contributed by atoms with Crippen LogP contribution in [0.3, 0.4) is 0 Å². The Morgan fingerprint density at radius 2 is 2.28 bits per heavy atom. The normalized spacial score (nSPS) is 12.1. The van der Waals surface area contributed by atoms with Crippen LogP contribution in [0, 0.1) is 0 Å². The minimum atomic E-state index is -0.560. The van der Waals surface area contributed by atoms with Crippen molar-refractivity contribution < 1.29 is 14.6 Å². The lowest BCUT2D eigenvalue weighted by molar-refractivity contribution is -0.133. The highest BCUT2D eigenvalue weighted by atomic mass is 79.9. The van der Waals surface area contributed by atoms with Gasteiger partial charge in [0.2, 0.25) is 0 Å². The van der Waals surface area contributed by atoms with Crippen molar-refractivity contribution in [3.8, 4) is 5.75 Å². The number of halogens is 2. The second-order valence-electron chi connectivity index (χ2n) is 3.99. The Morgan fingerprint density at radius 3 is 2.83 bits per heavy atom. The molecule has 1 aromatic rings. The minimum Gasteiger partial charge on any atom is -0.482 e. The summed E-state index contributed by atoms with van der Waals surface area (Å²) in [4.78, 5) is 13.1. The Morgan fingerprint density at radius 1 is 1.61 bits per heavy atom. The lowest BCUT2D eigenvalue weighted by atomic mass is 10.3. The fourth-order valence-corrected chi connectivity index (χ4v) is 2.07. The van der Waals surface area contributed by atoms with Crippen LogP contribution < -0.4 is 4.74 Å². The molecular formula is C12H15BrClNO3. The lowest BCUT2D eigenvalue weighted by Crippen LogP contribution is -2.36. The first-order valence-corrected chi connectivity index (χ1v) is 6.57. The molecule has 1 rings (SSSR count). The van der Waals surface area contributed by atoms with Gasteiger partial charge in [0, 0.05) is 18.1 Å². The lowest BCUT2D eigenvalue weighted by Gasteiger charge is -2.19. The molecule has 0 aromatic heterocycles. The van der Waals surface area contributed by atoms with Crippen LogP contribution in [0.1, 0.15) is 6.92 Å². The Bertz CT molecular complexity index is 426. The van der Waals surface area contributed by atoms with Gasteiger partial charge in [0.1, 0.15) is 5.75 Å². The van der Waals surface area contributed by atoms with E-state index in [0.717, 1.165) is 4.47 Å². The number of carbonyl (C=O) groups excluding carboxylic acids is 1. The highest BCUT2D eigenvalue weighted by molar-refractivity contribution is 9.10. The van der Waals surface area contributed by atoms with Crippen LogP contribution in [0.5, 0.6) is 5.75 Å². The van der Waals surface area contributed by atoms with E-state index in [4.69, 9.17) is 16.3 Å². The van der Waals surface area contributed by atoms with Crippen LogP contribution in [0.15, 0.2) is 22.7 Å². The van der Waals surface area contributed by atoms with Gasteiger partial charge in [-0.3, -0.25) is 4.79 Å². The fourth-order valence-electron chi connectivity index (χ4n) is 1.34. The van der Waals surface area contributed by atoms with Gasteiger partial charge in [-0.15, -0.1) is 0 Å². The van der Waals surface area contributed by atoms with Crippen LogP contribution in [0.2, 0.25) is 5.02 Å². The molecule has 1 aromatic carbocycles. The van der Waals surface area contributed by atoms with Crippen LogP contribution in [0.4, 0.5) is 0 Å². The number of benzene rings is 1. The molecule has 0 fully saturated rings. The van der Waals surface area contributed by atoms with Crippen molar-refractivity contribution in [3.63, 3.8) is 0 Å². The van der Waals surface area contributed by atoms with Crippen LogP contribution in [0.25, 0.3) is 0 Å². The maximum atomic E-state index is 11.7. The number of hydrogen-bond donors (Lipinski definition) is 1. The fraction of sp³-hybridized carbons (Fsp3) is 0.417. The van der Waals surface area contributed by atoms with Gasteiger partial charge in [-0.25, -0.2) is 0 Å². The summed E-state index contributed by atoms with van der Waals surface area (Å²) < 4.78 is 6.18. The third-order valence-electron chi connectivity index (χ3n) is 2.21. The van der Waals surface area contributed by atoms with Crippen molar-refractivity contribution in [1.29, 1.82) is 0 Å². The van der Waals surface area contributed by atoms with Gasteiger partial charge in [-0.1, -0.05) is 27.5 Å². The van der Waals surface area contributed by atoms with E-state index in [0.29, 0.717) is 10.8 Å². The molecule has 0 aliphatic heterocycles. The van der Waals surface area contributed by atoms with E-state index < -0.39 is 6.10 Å². The van der Waals surface area contributed by atoms with E-state index in [1.54, 1.807) is 32.2 Å². The molecule has 0 heterocycles. The molecule has 6 heteroatoms. The number of ether oxygens (including phenoxy) is 1. The van der Waals surface area contributed by atoms with Crippen LogP contribution in [-0.2, 0) is 4.79 Å². The van der Waals surface area contributed by atoms with Crippen molar-refractivity contribution in [2.75, 3.05) is 20.2 Å². The molecule has 0 aliphatic carbocycles.